The van der Waals surface area contributed by atoms with E-state index in [1.54, 1.807) is 7.11 Å². The van der Waals surface area contributed by atoms with Gasteiger partial charge in [-0.05, 0) is 31.0 Å². The molecule has 0 bridgehead atoms. The standard InChI is InChI=1S/C13H17F3N2O/c1-19-10-3-2-6-18(8-10)12-5-4-9(7-11(12)17)13(14,15)16/h4-5,7,10H,2-3,6,8,17H2,1H3. The van der Waals surface area contributed by atoms with Gasteiger partial charge in [0.05, 0.1) is 23.0 Å². The van der Waals surface area contributed by atoms with Gasteiger partial charge in [-0.25, -0.2) is 0 Å². The number of benzene rings is 1. The molecule has 106 valence electrons. The molecular formula is C13H17F3N2O. The summed E-state index contributed by atoms with van der Waals surface area (Å²) in [6.45, 7) is 1.45. The smallest absolute Gasteiger partial charge is 0.397 e. The number of ether oxygens (including phenoxy) is 1. The van der Waals surface area contributed by atoms with Crippen molar-refractivity contribution >= 4 is 11.4 Å². The lowest BCUT2D eigenvalue weighted by Gasteiger charge is -2.34. The van der Waals surface area contributed by atoms with E-state index < -0.39 is 11.7 Å². The zero-order valence-electron chi connectivity index (χ0n) is 10.7. The summed E-state index contributed by atoms with van der Waals surface area (Å²) in [7, 11) is 1.64. The molecule has 1 fully saturated rings. The molecule has 0 aromatic heterocycles. The minimum Gasteiger partial charge on any atom is -0.397 e. The number of methoxy groups -OCH3 is 1. The topological polar surface area (TPSA) is 38.5 Å². The minimum atomic E-state index is -4.36. The van der Waals surface area contributed by atoms with Crippen molar-refractivity contribution in [2.24, 2.45) is 0 Å². The Kier molecular flexibility index (Phi) is 3.89. The maximum absolute atomic E-state index is 12.6. The van der Waals surface area contributed by atoms with Gasteiger partial charge in [-0.1, -0.05) is 0 Å². The van der Waals surface area contributed by atoms with Crippen LogP contribution in [0.15, 0.2) is 18.2 Å². The number of piperidine rings is 1. The van der Waals surface area contributed by atoms with E-state index in [2.05, 4.69) is 0 Å². The molecule has 6 heteroatoms. The van der Waals surface area contributed by atoms with Crippen LogP contribution in [0.1, 0.15) is 18.4 Å². The van der Waals surface area contributed by atoms with Gasteiger partial charge in [0.2, 0.25) is 0 Å². The first-order valence-corrected chi connectivity index (χ1v) is 6.16. The van der Waals surface area contributed by atoms with E-state index in [4.69, 9.17) is 10.5 Å². The second-order valence-electron chi connectivity index (χ2n) is 4.72. The van der Waals surface area contributed by atoms with Crippen molar-refractivity contribution < 1.29 is 17.9 Å². The highest BCUT2D eigenvalue weighted by atomic mass is 19.4. The van der Waals surface area contributed by atoms with Crippen molar-refractivity contribution in [3.63, 3.8) is 0 Å². The summed E-state index contributed by atoms with van der Waals surface area (Å²) in [5, 5.41) is 0. The molecule has 0 saturated carbocycles. The van der Waals surface area contributed by atoms with Crippen LogP contribution in [0.2, 0.25) is 0 Å². The van der Waals surface area contributed by atoms with E-state index in [0.717, 1.165) is 31.5 Å². The van der Waals surface area contributed by atoms with Crippen LogP contribution in [0, 0.1) is 0 Å². The molecule has 19 heavy (non-hydrogen) atoms. The summed E-state index contributed by atoms with van der Waals surface area (Å²) >= 11 is 0. The average Bonchev–Trinajstić information content (AvgIpc) is 2.37. The predicted molar refractivity (Wildman–Crippen MR) is 68.1 cm³/mol. The Labute approximate surface area is 110 Å². The van der Waals surface area contributed by atoms with Gasteiger partial charge in [0.15, 0.2) is 0 Å². The summed E-state index contributed by atoms with van der Waals surface area (Å²) in [5.41, 5.74) is 5.85. The molecule has 1 heterocycles. The predicted octanol–water partition coefficient (Wildman–Crippen LogP) is 2.90. The maximum atomic E-state index is 12.6. The summed E-state index contributed by atoms with van der Waals surface area (Å²) in [4.78, 5) is 1.98. The molecule has 1 aromatic carbocycles. The van der Waals surface area contributed by atoms with E-state index >= 15 is 0 Å². The molecule has 1 unspecified atom stereocenters. The molecule has 1 saturated heterocycles. The van der Waals surface area contributed by atoms with E-state index in [-0.39, 0.29) is 11.8 Å². The monoisotopic (exact) mass is 274 g/mol. The number of hydrogen-bond donors (Lipinski definition) is 1. The third-order valence-corrected chi connectivity index (χ3v) is 3.41. The molecular weight excluding hydrogens is 257 g/mol. The molecule has 1 atom stereocenters. The van der Waals surface area contributed by atoms with Gasteiger partial charge in [-0.2, -0.15) is 13.2 Å². The van der Waals surface area contributed by atoms with Gasteiger partial charge in [0, 0.05) is 20.2 Å². The first-order valence-electron chi connectivity index (χ1n) is 6.16. The van der Waals surface area contributed by atoms with Gasteiger partial charge < -0.3 is 15.4 Å². The molecule has 0 radical (unpaired) electrons. The van der Waals surface area contributed by atoms with Crippen LogP contribution in [0.3, 0.4) is 0 Å². The number of nitrogen functional groups attached to an aromatic ring is 1. The fourth-order valence-electron chi connectivity index (χ4n) is 2.37. The zero-order chi connectivity index (χ0) is 14.0. The van der Waals surface area contributed by atoms with Gasteiger partial charge in [0.25, 0.3) is 0 Å². The molecule has 0 spiro atoms. The average molecular weight is 274 g/mol. The van der Waals surface area contributed by atoms with E-state index in [9.17, 15) is 13.2 Å². The Morgan fingerprint density at radius 2 is 2.11 bits per heavy atom. The first-order chi connectivity index (χ1) is 8.91. The molecule has 0 aliphatic carbocycles. The fraction of sp³-hybridized carbons (Fsp3) is 0.538. The summed E-state index contributed by atoms with van der Waals surface area (Å²) in [6, 6.07) is 3.50. The quantitative estimate of drug-likeness (QED) is 0.843. The Morgan fingerprint density at radius 3 is 2.68 bits per heavy atom. The number of halogens is 3. The van der Waals surface area contributed by atoms with E-state index in [1.165, 1.54) is 6.07 Å². The van der Waals surface area contributed by atoms with Crippen molar-refractivity contribution in [3.05, 3.63) is 23.8 Å². The van der Waals surface area contributed by atoms with Gasteiger partial charge in [-0.15, -0.1) is 0 Å². The number of alkyl halides is 3. The van der Waals surface area contributed by atoms with E-state index in [1.807, 2.05) is 4.90 Å². The molecule has 1 aliphatic rings. The molecule has 2 N–H and O–H groups in total. The molecule has 2 rings (SSSR count). The third-order valence-electron chi connectivity index (χ3n) is 3.41. The minimum absolute atomic E-state index is 0.107. The molecule has 1 aromatic rings. The summed E-state index contributed by atoms with van der Waals surface area (Å²) < 4.78 is 43.0. The number of nitrogens with zero attached hydrogens (tertiary/aromatic N) is 1. The Balaban J connectivity index is 2.21. The van der Waals surface area contributed by atoms with Crippen molar-refractivity contribution in [2.75, 3.05) is 30.8 Å². The number of rotatable bonds is 2. The third kappa shape index (κ3) is 3.12. The van der Waals surface area contributed by atoms with Crippen LogP contribution >= 0.6 is 0 Å². The normalized spacial score (nSPS) is 20.6. The first kappa shape index (κ1) is 14.0. The molecule has 1 aliphatic heterocycles. The second-order valence-corrected chi connectivity index (χ2v) is 4.72. The van der Waals surface area contributed by atoms with Gasteiger partial charge >= 0.3 is 6.18 Å². The Morgan fingerprint density at radius 1 is 1.37 bits per heavy atom. The van der Waals surface area contributed by atoms with Gasteiger partial charge in [-0.3, -0.25) is 0 Å². The molecule has 0 amide bonds. The van der Waals surface area contributed by atoms with Crippen LogP contribution in [0.5, 0.6) is 0 Å². The highest BCUT2D eigenvalue weighted by molar-refractivity contribution is 5.69. The second kappa shape index (κ2) is 5.28. The Hall–Kier alpha value is -1.43. The highest BCUT2D eigenvalue weighted by Gasteiger charge is 2.31. The van der Waals surface area contributed by atoms with Crippen molar-refractivity contribution in [3.8, 4) is 0 Å². The van der Waals surface area contributed by atoms with Crippen LogP contribution in [-0.2, 0) is 10.9 Å². The fourth-order valence-corrected chi connectivity index (χ4v) is 2.37. The van der Waals surface area contributed by atoms with Crippen LogP contribution < -0.4 is 10.6 Å². The SMILES string of the molecule is COC1CCCN(c2ccc(C(F)(F)F)cc2N)C1. The summed E-state index contributed by atoms with van der Waals surface area (Å²) in [6.07, 6.45) is -2.34. The number of anilines is 2. The lowest BCUT2D eigenvalue weighted by atomic mass is 10.1. The number of hydrogen-bond acceptors (Lipinski definition) is 3. The zero-order valence-corrected chi connectivity index (χ0v) is 10.7. The van der Waals surface area contributed by atoms with Crippen LogP contribution in [-0.4, -0.2) is 26.3 Å². The summed E-state index contributed by atoms with van der Waals surface area (Å²) in [5.74, 6) is 0. The largest absolute Gasteiger partial charge is 0.416 e. The molecule has 3 nitrogen and oxygen atoms in total. The highest BCUT2D eigenvalue weighted by Crippen LogP contribution is 2.34. The number of nitrogens with two attached hydrogens (primary N) is 1. The van der Waals surface area contributed by atoms with Crippen LogP contribution in [0.25, 0.3) is 0 Å². The van der Waals surface area contributed by atoms with Crippen molar-refractivity contribution in [1.29, 1.82) is 0 Å². The van der Waals surface area contributed by atoms with Crippen molar-refractivity contribution in [1.82, 2.24) is 0 Å². The van der Waals surface area contributed by atoms with Crippen molar-refractivity contribution in [2.45, 2.75) is 25.1 Å². The van der Waals surface area contributed by atoms with E-state index in [0.29, 0.717) is 12.2 Å². The Bertz CT molecular complexity index is 448. The maximum Gasteiger partial charge on any atom is 0.416 e. The lowest BCUT2D eigenvalue weighted by Crippen LogP contribution is -2.39. The lowest BCUT2D eigenvalue weighted by molar-refractivity contribution is -0.137. The van der Waals surface area contributed by atoms with Gasteiger partial charge in [0.1, 0.15) is 0 Å². The van der Waals surface area contributed by atoms with Crippen LogP contribution in [0.4, 0.5) is 24.5 Å².